The summed E-state index contributed by atoms with van der Waals surface area (Å²) in [5.41, 5.74) is 2.84. The molecule has 0 saturated carbocycles. The van der Waals surface area contributed by atoms with Crippen molar-refractivity contribution >= 4 is 17.7 Å². The van der Waals surface area contributed by atoms with Gasteiger partial charge in [0.05, 0.1) is 0 Å². The average Bonchev–Trinajstić information content (AvgIpc) is 3.28. The minimum atomic E-state index is -0.553. The smallest absolute Gasteiger partial charge is 0.255 e. The van der Waals surface area contributed by atoms with Crippen molar-refractivity contribution < 1.29 is 14.4 Å². The Labute approximate surface area is 159 Å². The number of hydrogen-bond donors (Lipinski definition) is 2. The Morgan fingerprint density at radius 3 is 2.78 bits per heavy atom. The Hall–Kier alpha value is -2.25. The molecule has 1 aromatic rings. The molecular weight excluding hydrogens is 344 g/mol. The van der Waals surface area contributed by atoms with Crippen molar-refractivity contribution in [1.29, 1.82) is 0 Å². The van der Waals surface area contributed by atoms with E-state index in [0.29, 0.717) is 24.6 Å². The van der Waals surface area contributed by atoms with E-state index in [2.05, 4.69) is 28.5 Å². The Bertz CT molecular complexity index is 772. The molecule has 144 valence electrons. The Kier molecular flexibility index (Phi) is 4.97. The van der Waals surface area contributed by atoms with E-state index in [0.717, 1.165) is 31.7 Å². The van der Waals surface area contributed by atoms with Crippen molar-refractivity contribution in [2.75, 3.05) is 19.6 Å². The largest absolute Gasteiger partial charge is 0.322 e. The third-order valence-corrected chi connectivity index (χ3v) is 5.93. The van der Waals surface area contributed by atoms with E-state index in [1.54, 1.807) is 4.90 Å². The summed E-state index contributed by atoms with van der Waals surface area (Å²) in [6.45, 7) is 6.57. The SMILES string of the molecule is CCN(Cc1ccc2c(c1)CN(C1CCC(=O)NC1=O)C2=O)C1CCNC1. The van der Waals surface area contributed by atoms with Crippen LogP contribution in [-0.4, -0.2) is 59.2 Å². The van der Waals surface area contributed by atoms with Gasteiger partial charge in [0.1, 0.15) is 6.04 Å². The quantitative estimate of drug-likeness (QED) is 0.743. The van der Waals surface area contributed by atoms with E-state index < -0.39 is 6.04 Å². The number of nitrogens with zero attached hydrogens (tertiary/aromatic N) is 2. The number of rotatable bonds is 5. The lowest BCUT2D eigenvalue weighted by atomic mass is 10.0. The molecule has 4 rings (SSSR count). The standard InChI is InChI=1S/C20H26N4O3/c1-2-23(15-7-8-21-10-15)11-13-3-4-16-14(9-13)12-24(20(16)27)17-5-6-18(25)22-19(17)26/h3-4,9,15,17,21H,2,5-8,10-12H2,1H3,(H,22,25,26). The molecule has 2 fully saturated rings. The molecule has 3 amide bonds. The van der Waals surface area contributed by atoms with Crippen LogP contribution in [0.5, 0.6) is 0 Å². The van der Waals surface area contributed by atoms with Gasteiger partial charge in [-0.1, -0.05) is 19.1 Å². The molecular formula is C20H26N4O3. The van der Waals surface area contributed by atoms with Crippen molar-refractivity contribution in [2.45, 2.75) is 51.4 Å². The first-order chi connectivity index (χ1) is 13.1. The summed E-state index contributed by atoms with van der Waals surface area (Å²) in [6.07, 6.45) is 1.85. The average molecular weight is 370 g/mol. The van der Waals surface area contributed by atoms with E-state index in [9.17, 15) is 14.4 Å². The van der Waals surface area contributed by atoms with Crippen molar-refractivity contribution in [3.05, 3.63) is 34.9 Å². The molecule has 2 unspecified atom stereocenters. The van der Waals surface area contributed by atoms with Gasteiger partial charge < -0.3 is 10.2 Å². The second-order valence-electron chi connectivity index (χ2n) is 7.60. The number of hydrogen-bond acceptors (Lipinski definition) is 5. The third-order valence-electron chi connectivity index (χ3n) is 5.93. The molecule has 3 heterocycles. The molecule has 0 aromatic heterocycles. The number of likely N-dealkylation sites (N-methyl/N-ethyl adjacent to an activating group) is 1. The maximum atomic E-state index is 12.8. The van der Waals surface area contributed by atoms with E-state index in [-0.39, 0.29) is 24.1 Å². The zero-order valence-electron chi connectivity index (χ0n) is 15.7. The monoisotopic (exact) mass is 370 g/mol. The number of carbonyl (C=O) groups is 3. The van der Waals surface area contributed by atoms with E-state index in [1.807, 2.05) is 12.1 Å². The predicted octanol–water partition coefficient (Wildman–Crippen LogP) is 0.631. The van der Waals surface area contributed by atoms with Crippen LogP contribution in [0.1, 0.15) is 47.7 Å². The van der Waals surface area contributed by atoms with Gasteiger partial charge in [0.25, 0.3) is 5.91 Å². The van der Waals surface area contributed by atoms with Crippen LogP contribution in [0.15, 0.2) is 18.2 Å². The van der Waals surface area contributed by atoms with Crippen molar-refractivity contribution in [3.8, 4) is 0 Å². The minimum Gasteiger partial charge on any atom is -0.322 e. The number of piperidine rings is 1. The van der Waals surface area contributed by atoms with Crippen LogP contribution in [0.25, 0.3) is 0 Å². The molecule has 2 saturated heterocycles. The van der Waals surface area contributed by atoms with Crippen molar-refractivity contribution in [2.24, 2.45) is 0 Å². The zero-order valence-corrected chi connectivity index (χ0v) is 15.7. The van der Waals surface area contributed by atoms with Gasteiger partial charge >= 0.3 is 0 Å². The summed E-state index contributed by atoms with van der Waals surface area (Å²) in [5.74, 6) is -0.735. The highest BCUT2D eigenvalue weighted by atomic mass is 16.2. The lowest BCUT2D eigenvalue weighted by molar-refractivity contribution is -0.136. The maximum absolute atomic E-state index is 12.8. The van der Waals surface area contributed by atoms with Crippen LogP contribution < -0.4 is 10.6 Å². The molecule has 2 N–H and O–H groups in total. The highest BCUT2D eigenvalue weighted by molar-refractivity contribution is 6.05. The van der Waals surface area contributed by atoms with Crippen LogP contribution in [0.2, 0.25) is 0 Å². The Morgan fingerprint density at radius 1 is 1.22 bits per heavy atom. The summed E-state index contributed by atoms with van der Waals surface area (Å²) in [4.78, 5) is 40.4. The number of benzene rings is 1. The first kappa shape index (κ1) is 18.1. The van der Waals surface area contributed by atoms with Gasteiger partial charge in [0.15, 0.2) is 0 Å². The van der Waals surface area contributed by atoms with Gasteiger partial charge in [-0.05, 0) is 43.1 Å². The van der Waals surface area contributed by atoms with Crippen LogP contribution in [0.4, 0.5) is 0 Å². The summed E-state index contributed by atoms with van der Waals surface area (Å²) in [6, 6.07) is 6.02. The Morgan fingerprint density at radius 2 is 2.07 bits per heavy atom. The topological polar surface area (TPSA) is 81.8 Å². The van der Waals surface area contributed by atoms with Crippen LogP contribution in [0, 0.1) is 0 Å². The first-order valence-corrected chi connectivity index (χ1v) is 9.78. The van der Waals surface area contributed by atoms with Gasteiger partial charge in [-0.2, -0.15) is 0 Å². The molecule has 1 aromatic carbocycles. The van der Waals surface area contributed by atoms with Gasteiger partial charge in [0, 0.05) is 37.7 Å². The molecule has 7 heteroatoms. The van der Waals surface area contributed by atoms with E-state index >= 15 is 0 Å². The summed E-state index contributed by atoms with van der Waals surface area (Å²) in [7, 11) is 0. The molecule has 3 aliphatic rings. The zero-order chi connectivity index (χ0) is 19.0. The molecule has 3 aliphatic heterocycles. The summed E-state index contributed by atoms with van der Waals surface area (Å²) in [5, 5.41) is 5.76. The highest BCUT2D eigenvalue weighted by Gasteiger charge is 2.39. The lowest BCUT2D eigenvalue weighted by Gasteiger charge is -2.29. The normalized spacial score (nSPS) is 25.3. The van der Waals surface area contributed by atoms with Crippen LogP contribution >= 0.6 is 0 Å². The number of nitrogens with one attached hydrogen (secondary N) is 2. The van der Waals surface area contributed by atoms with E-state index in [4.69, 9.17) is 0 Å². The maximum Gasteiger partial charge on any atom is 0.255 e. The highest BCUT2D eigenvalue weighted by Crippen LogP contribution is 2.28. The predicted molar refractivity (Wildman–Crippen MR) is 99.8 cm³/mol. The van der Waals surface area contributed by atoms with E-state index in [1.165, 1.54) is 12.0 Å². The third kappa shape index (κ3) is 3.49. The Balaban J connectivity index is 1.49. The molecule has 0 bridgehead atoms. The fraction of sp³-hybridized carbons (Fsp3) is 0.550. The molecule has 0 radical (unpaired) electrons. The number of amides is 3. The summed E-state index contributed by atoms with van der Waals surface area (Å²) < 4.78 is 0. The minimum absolute atomic E-state index is 0.113. The summed E-state index contributed by atoms with van der Waals surface area (Å²) >= 11 is 0. The van der Waals surface area contributed by atoms with Gasteiger partial charge in [-0.15, -0.1) is 0 Å². The first-order valence-electron chi connectivity index (χ1n) is 9.78. The molecule has 0 spiro atoms. The fourth-order valence-corrected chi connectivity index (χ4v) is 4.41. The van der Waals surface area contributed by atoms with Crippen molar-refractivity contribution in [1.82, 2.24) is 20.4 Å². The molecule has 7 nitrogen and oxygen atoms in total. The van der Waals surface area contributed by atoms with Crippen LogP contribution in [0.3, 0.4) is 0 Å². The second kappa shape index (κ2) is 7.40. The van der Waals surface area contributed by atoms with Crippen LogP contribution in [-0.2, 0) is 22.7 Å². The fourth-order valence-electron chi connectivity index (χ4n) is 4.41. The number of imide groups is 1. The number of fused-ring (bicyclic) bond motifs is 1. The molecule has 27 heavy (non-hydrogen) atoms. The lowest BCUT2D eigenvalue weighted by Crippen LogP contribution is -2.52. The van der Waals surface area contributed by atoms with Gasteiger partial charge in [0.2, 0.25) is 11.8 Å². The van der Waals surface area contributed by atoms with Gasteiger partial charge in [-0.25, -0.2) is 0 Å². The molecule has 0 aliphatic carbocycles. The second-order valence-corrected chi connectivity index (χ2v) is 7.60. The van der Waals surface area contributed by atoms with Gasteiger partial charge in [-0.3, -0.25) is 24.6 Å². The van der Waals surface area contributed by atoms with Crippen molar-refractivity contribution in [3.63, 3.8) is 0 Å². The molecule has 2 atom stereocenters. The number of carbonyl (C=O) groups excluding carboxylic acids is 3.